The van der Waals surface area contributed by atoms with Crippen molar-refractivity contribution < 1.29 is 4.79 Å². The van der Waals surface area contributed by atoms with E-state index in [1.165, 1.54) is 4.90 Å². The number of hydrogen-bond donors (Lipinski definition) is 0. The first-order valence-electron chi connectivity index (χ1n) is 5.73. The van der Waals surface area contributed by atoms with Crippen LogP contribution in [0.2, 0.25) is 0 Å². The van der Waals surface area contributed by atoms with E-state index in [-0.39, 0.29) is 24.9 Å². The molecule has 0 aliphatic carbocycles. The largest absolute Gasteiger partial charge is 0.316 e. The number of nitriles is 2. The second-order valence-electron chi connectivity index (χ2n) is 3.76. The molecule has 0 heterocycles. The lowest BCUT2D eigenvalue weighted by atomic mass is 9.98. The van der Waals surface area contributed by atoms with Gasteiger partial charge in [0.15, 0.2) is 0 Å². The van der Waals surface area contributed by atoms with Crippen molar-refractivity contribution >= 4 is 5.91 Å². The lowest BCUT2D eigenvalue weighted by Gasteiger charge is -2.22. The summed E-state index contributed by atoms with van der Waals surface area (Å²) < 4.78 is 0. The molecule has 0 bridgehead atoms. The van der Waals surface area contributed by atoms with Crippen LogP contribution in [0.3, 0.4) is 0 Å². The number of carbonyl (C=O) groups excluding carboxylic acids is 1. The zero-order chi connectivity index (χ0) is 12.4. The minimum absolute atomic E-state index is 0.00895. The van der Waals surface area contributed by atoms with Gasteiger partial charge >= 0.3 is 0 Å². The lowest BCUT2D eigenvalue weighted by Crippen LogP contribution is -2.36. The first-order valence-corrected chi connectivity index (χ1v) is 5.73. The zero-order valence-electron chi connectivity index (χ0n) is 10.1. The summed E-state index contributed by atoms with van der Waals surface area (Å²) in [5.74, 6) is -0.0966. The highest BCUT2D eigenvalue weighted by Crippen LogP contribution is 2.15. The van der Waals surface area contributed by atoms with Crippen molar-refractivity contribution in [3.8, 4) is 12.1 Å². The molecule has 0 saturated carbocycles. The van der Waals surface area contributed by atoms with Crippen molar-refractivity contribution in [3.05, 3.63) is 0 Å². The van der Waals surface area contributed by atoms with E-state index in [1.54, 1.807) is 0 Å². The van der Waals surface area contributed by atoms with Gasteiger partial charge < -0.3 is 4.90 Å². The van der Waals surface area contributed by atoms with Gasteiger partial charge in [0, 0.05) is 5.92 Å². The van der Waals surface area contributed by atoms with Crippen molar-refractivity contribution in [3.63, 3.8) is 0 Å². The third kappa shape index (κ3) is 4.79. The predicted octanol–water partition coefficient (Wildman–Crippen LogP) is 2.08. The number of rotatable bonds is 7. The van der Waals surface area contributed by atoms with Crippen LogP contribution < -0.4 is 0 Å². The Morgan fingerprint density at radius 3 is 2.19 bits per heavy atom. The van der Waals surface area contributed by atoms with Gasteiger partial charge in [-0.2, -0.15) is 10.5 Å². The maximum absolute atomic E-state index is 12.0. The van der Waals surface area contributed by atoms with E-state index in [1.807, 2.05) is 19.1 Å². The SMILES string of the molecule is CCCC[C@@H](CC)C(=O)N(CC#N)CC#N. The minimum Gasteiger partial charge on any atom is -0.316 e. The molecular formula is C12H19N3O. The van der Waals surface area contributed by atoms with Crippen molar-refractivity contribution in [2.75, 3.05) is 13.1 Å². The van der Waals surface area contributed by atoms with Crippen molar-refractivity contribution in [2.24, 2.45) is 5.92 Å². The van der Waals surface area contributed by atoms with Gasteiger partial charge in [-0.3, -0.25) is 4.79 Å². The van der Waals surface area contributed by atoms with Crippen LogP contribution in [0, 0.1) is 28.6 Å². The van der Waals surface area contributed by atoms with E-state index < -0.39 is 0 Å². The van der Waals surface area contributed by atoms with Gasteiger partial charge in [-0.05, 0) is 12.8 Å². The second-order valence-corrected chi connectivity index (χ2v) is 3.76. The quantitative estimate of drug-likeness (QED) is 0.618. The molecule has 1 amide bonds. The fraction of sp³-hybridized carbons (Fsp3) is 0.750. The van der Waals surface area contributed by atoms with Crippen LogP contribution >= 0.6 is 0 Å². The molecule has 4 heteroatoms. The van der Waals surface area contributed by atoms with E-state index in [0.717, 1.165) is 25.7 Å². The van der Waals surface area contributed by atoms with Gasteiger partial charge in [-0.1, -0.05) is 26.7 Å². The Hall–Kier alpha value is -1.55. The Kier molecular flexibility index (Phi) is 7.89. The van der Waals surface area contributed by atoms with E-state index in [9.17, 15) is 4.79 Å². The Bertz CT molecular complexity index is 272. The summed E-state index contributed by atoms with van der Waals surface area (Å²) in [6.07, 6.45) is 3.68. The normalized spacial score (nSPS) is 11.2. The minimum atomic E-state index is -0.0564. The maximum Gasteiger partial charge on any atom is 0.227 e. The van der Waals surface area contributed by atoms with E-state index in [2.05, 4.69) is 6.92 Å². The fourth-order valence-corrected chi connectivity index (χ4v) is 1.59. The molecule has 0 aliphatic heterocycles. The van der Waals surface area contributed by atoms with Crippen LogP contribution in [0.25, 0.3) is 0 Å². The summed E-state index contributed by atoms with van der Waals surface area (Å²) >= 11 is 0. The molecular weight excluding hydrogens is 202 g/mol. The van der Waals surface area contributed by atoms with Gasteiger partial charge in [0.2, 0.25) is 5.91 Å². The number of amides is 1. The molecule has 0 unspecified atom stereocenters. The molecule has 16 heavy (non-hydrogen) atoms. The molecule has 88 valence electrons. The summed E-state index contributed by atoms with van der Waals surface area (Å²) in [5, 5.41) is 17.2. The standard InChI is InChI=1S/C12H19N3O/c1-3-5-6-11(4-2)12(16)15(9-7-13)10-8-14/h11H,3-6,9-10H2,1-2H3/t11-/m1/s1. The number of unbranched alkanes of at least 4 members (excludes halogenated alkanes) is 1. The molecule has 0 saturated heterocycles. The molecule has 0 aromatic heterocycles. The Morgan fingerprint density at radius 1 is 1.25 bits per heavy atom. The molecule has 0 spiro atoms. The highest BCUT2D eigenvalue weighted by Gasteiger charge is 2.21. The van der Waals surface area contributed by atoms with Gasteiger partial charge in [0.1, 0.15) is 13.1 Å². The Balaban J connectivity index is 4.44. The van der Waals surface area contributed by atoms with Crippen LogP contribution in [0.4, 0.5) is 0 Å². The van der Waals surface area contributed by atoms with Gasteiger partial charge in [-0.15, -0.1) is 0 Å². The zero-order valence-corrected chi connectivity index (χ0v) is 10.1. The Labute approximate surface area is 97.5 Å². The molecule has 0 N–H and O–H groups in total. The van der Waals surface area contributed by atoms with Crippen LogP contribution in [0.15, 0.2) is 0 Å². The molecule has 0 aromatic rings. The van der Waals surface area contributed by atoms with Crippen LogP contribution in [-0.4, -0.2) is 23.9 Å². The molecule has 0 radical (unpaired) electrons. The molecule has 0 fully saturated rings. The summed E-state index contributed by atoms with van der Waals surface area (Å²) in [5.41, 5.74) is 0. The average Bonchev–Trinajstić information content (AvgIpc) is 2.29. The van der Waals surface area contributed by atoms with E-state index in [4.69, 9.17) is 10.5 Å². The number of nitrogens with zero attached hydrogens (tertiary/aromatic N) is 3. The van der Waals surface area contributed by atoms with Crippen molar-refractivity contribution in [1.29, 1.82) is 10.5 Å². The van der Waals surface area contributed by atoms with Crippen molar-refractivity contribution in [2.45, 2.75) is 39.5 Å². The van der Waals surface area contributed by atoms with E-state index >= 15 is 0 Å². The summed E-state index contributed by atoms with van der Waals surface area (Å²) in [6, 6.07) is 3.85. The maximum atomic E-state index is 12.0. The molecule has 0 aromatic carbocycles. The second kappa shape index (κ2) is 8.73. The topological polar surface area (TPSA) is 67.9 Å². The third-order valence-electron chi connectivity index (χ3n) is 2.58. The van der Waals surface area contributed by atoms with Gasteiger partial charge in [0.05, 0.1) is 12.1 Å². The average molecular weight is 221 g/mol. The Morgan fingerprint density at radius 2 is 1.81 bits per heavy atom. The van der Waals surface area contributed by atoms with Crippen LogP contribution in [-0.2, 0) is 4.79 Å². The third-order valence-corrected chi connectivity index (χ3v) is 2.58. The summed E-state index contributed by atoms with van der Waals surface area (Å²) in [7, 11) is 0. The smallest absolute Gasteiger partial charge is 0.227 e. The fourth-order valence-electron chi connectivity index (χ4n) is 1.59. The first-order chi connectivity index (χ1) is 7.71. The molecule has 1 atom stereocenters. The number of hydrogen-bond acceptors (Lipinski definition) is 3. The monoisotopic (exact) mass is 221 g/mol. The predicted molar refractivity (Wildman–Crippen MR) is 61.1 cm³/mol. The molecule has 4 nitrogen and oxygen atoms in total. The van der Waals surface area contributed by atoms with Crippen molar-refractivity contribution in [1.82, 2.24) is 4.90 Å². The van der Waals surface area contributed by atoms with Crippen LogP contribution in [0.5, 0.6) is 0 Å². The van der Waals surface area contributed by atoms with Crippen LogP contribution in [0.1, 0.15) is 39.5 Å². The lowest BCUT2D eigenvalue weighted by molar-refractivity contribution is -0.134. The number of carbonyl (C=O) groups is 1. The first kappa shape index (κ1) is 14.5. The summed E-state index contributed by atoms with van der Waals surface area (Å²) in [6.45, 7) is 4.07. The van der Waals surface area contributed by atoms with Gasteiger partial charge in [0.25, 0.3) is 0 Å². The molecule has 0 aliphatic rings. The van der Waals surface area contributed by atoms with E-state index in [0.29, 0.717) is 0 Å². The molecule has 0 rings (SSSR count). The van der Waals surface area contributed by atoms with Gasteiger partial charge in [-0.25, -0.2) is 0 Å². The highest BCUT2D eigenvalue weighted by atomic mass is 16.2. The highest BCUT2D eigenvalue weighted by molar-refractivity contribution is 5.79. The summed E-state index contributed by atoms with van der Waals surface area (Å²) in [4.78, 5) is 13.3.